The van der Waals surface area contributed by atoms with Crippen LogP contribution in [-0.2, 0) is 9.59 Å². The molecule has 0 fully saturated rings. The third-order valence-corrected chi connectivity index (χ3v) is 3.02. The third-order valence-electron chi connectivity index (χ3n) is 2.53. The van der Waals surface area contributed by atoms with Crippen molar-refractivity contribution < 1.29 is 19.4 Å². The normalized spacial score (nSPS) is 18.2. The van der Waals surface area contributed by atoms with Crippen LogP contribution in [0.5, 0.6) is 5.75 Å². The highest BCUT2D eigenvalue weighted by atomic mass is 79.9. The highest BCUT2D eigenvalue weighted by Crippen LogP contribution is 2.36. The predicted octanol–water partition coefficient (Wildman–Crippen LogP) is 0.0207. The molecule has 0 radical (unpaired) electrons. The van der Waals surface area contributed by atoms with Gasteiger partial charge in [-0.25, -0.2) is 0 Å². The number of primary amides is 1. The van der Waals surface area contributed by atoms with E-state index < -0.39 is 17.9 Å². The number of rotatable bonds is 3. The van der Waals surface area contributed by atoms with Gasteiger partial charge in [0.2, 0.25) is 0 Å². The first-order valence-electron chi connectivity index (χ1n) is 5.22. The van der Waals surface area contributed by atoms with E-state index in [9.17, 15) is 9.59 Å². The fourth-order valence-corrected chi connectivity index (χ4v) is 2.09. The van der Waals surface area contributed by atoms with Crippen molar-refractivity contribution in [2.45, 2.75) is 6.10 Å². The number of carbonyl (C=O) groups excluding carboxylic acids is 2. The Balaban J connectivity index is 2.46. The molecular formula is C11H11BrN2O4. The van der Waals surface area contributed by atoms with Crippen LogP contribution in [0.3, 0.4) is 0 Å². The van der Waals surface area contributed by atoms with Crippen molar-refractivity contribution in [2.24, 2.45) is 5.73 Å². The lowest BCUT2D eigenvalue weighted by atomic mass is 10.1. The fraction of sp³-hybridized carbons (Fsp3) is 0.273. The Bertz CT molecular complexity index is 506. The second-order valence-corrected chi connectivity index (χ2v) is 4.64. The van der Waals surface area contributed by atoms with Crippen molar-refractivity contribution in [1.29, 1.82) is 0 Å². The van der Waals surface area contributed by atoms with Gasteiger partial charge in [0.1, 0.15) is 5.75 Å². The van der Waals surface area contributed by atoms with Crippen LogP contribution in [0.25, 0.3) is 0 Å². The molecule has 0 bridgehead atoms. The Morgan fingerprint density at radius 1 is 1.56 bits per heavy atom. The number of nitrogens with zero attached hydrogens (tertiary/aromatic N) is 1. The molecule has 3 N–H and O–H groups in total. The van der Waals surface area contributed by atoms with E-state index in [0.717, 1.165) is 4.47 Å². The first-order valence-corrected chi connectivity index (χ1v) is 6.01. The van der Waals surface area contributed by atoms with Crippen LogP contribution in [0.2, 0.25) is 0 Å². The van der Waals surface area contributed by atoms with Crippen LogP contribution < -0.4 is 15.4 Å². The molecule has 1 aliphatic rings. The van der Waals surface area contributed by atoms with E-state index in [1.807, 2.05) is 0 Å². The van der Waals surface area contributed by atoms with E-state index in [-0.39, 0.29) is 13.2 Å². The zero-order valence-corrected chi connectivity index (χ0v) is 10.9. The Labute approximate surface area is 111 Å². The SMILES string of the molecule is NC(=O)C1Oc2cc(Br)ccc2N(CCO)C1=O. The molecule has 1 aliphatic heterocycles. The van der Waals surface area contributed by atoms with E-state index in [4.69, 9.17) is 15.6 Å². The number of carbonyl (C=O) groups is 2. The highest BCUT2D eigenvalue weighted by molar-refractivity contribution is 9.10. The Morgan fingerprint density at radius 2 is 2.28 bits per heavy atom. The van der Waals surface area contributed by atoms with Gasteiger partial charge in [0.25, 0.3) is 17.9 Å². The fourth-order valence-electron chi connectivity index (χ4n) is 1.75. The molecule has 1 aromatic rings. The Kier molecular flexibility index (Phi) is 3.53. The second-order valence-electron chi connectivity index (χ2n) is 3.73. The molecule has 0 aliphatic carbocycles. The zero-order valence-electron chi connectivity index (χ0n) is 9.30. The van der Waals surface area contributed by atoms with Crippen LogP contribution >= 0.6 is 15.9 Å². The number of amides is 2. The molecule has 7 heteroatoms. The number of aliphatic hydroxyl groups excluding tert-OH is 1. The van der Waals surface area contributed by atoms with E-state index in [2.05, 4.69) is 15.9 Å². The van der Waals surface area contributed by atoms with Gasteiger partial charge in [0.05, 0.1) is 12.3 Å². The summed E-state index contributed by atoms with van der Waals surface area (Å²) >= 11 is 3.27. The van der Waals surface area contributed by atoms with Gasteiger partial charge in [-0.05, 0) is 18.2 Å². The van der Waals surface area contributed by atoms with Crippen molar-refractivity contribution in [1.82, 2.24) is 0 Å². The lowest BCUT2D eigenvalue weighted by Crippen LogP contribution is -2.52. The Morgan fingerprint density at radius 3 is 2.89 bits per heavy atom. The minimum absolute atomic E-state index is 0.0839. The number of benzene rings is 1. The number of anilines is 1. The summed E-state index contributed by atoms with van der Waals surface area (Å²) in [5.74, 6) is -1.04. The number of fused-ring (bicyclic) bond motifs is 1. The first-order chi connectivity index (χ1) is 8.54. The summed E-state index contributed by atoms with van der Waals surface area (Å²) in [6.45, 7) is -0.132. The molecule has 0 aromatic heterocycles. The number of β-amino-alcohol motifs (C(OH)–C–C–N with tert-alkyl or cyclic N) is 1. The van der Waals surface area contributed by atoms with E-state index in [1.54, 1.807) is 18.2 Å². The highest BCUT2D eigenvalue weighted by Gasteiger charge is 2.37. The summed E-state index contributed by atoms with van der Waals surface area (Å²) in [4.78, 5) is 24.5. The zero-order chi connectivity index (χ0) is 13.3. The van der Waals surface area contributed by atoms with E-state index >= 15 is 0 Å². The maximum Gasteiger partial charge on any atom is 0.278 e. The van der Waals surface area contributed by atoms with Crippen LogP contribution in [-0.4, -0.2) is 36.2 Å². The van der Waals surface area contributed by atoms with Gasteiger partial charge < -0.3 is 20.5 Å². The lowest BCUT2D eigenvalue weighted by Gasteiger charge is -2.32. The van der Waals surface area contributed by atoms with Gasteiger partial charge in [-0.1, -0.05) is 15.9 Å². The number of halogens is 1. The Hall–Kier alpha value is -1.60. The quantitative estimate of drug-likeness (QED) is 0.769. The van der Waals surface area contributed by atoms with Gasteiger partial charge in [0.15, 0.2) is 0 Å². The number of aliphatic hydroxyl groups is 1. The monoisotopic (exact) mass is 314 g/mol. The minimum Gasteiger partial charge on any atom is -0.468 e. The molecule has 1 unspecified atom stereocenters. The smallest absolute Gasteiger partial charge is 0.278 e. The van der Waals surface area contributed by atoms with Gasteiger partial charge in [-0.2, -0.15) is 0 Å². The van der Waals surface area contributed by atoms with E-state index in [1.165, 1.54) is 4.90 Å². The number of hydrogen-bond acceptors (Lipinski definition) is 4. The largest absolute Gasteiger partial charge is 0.468 e. The molecular weight excluding hydrogens is 304 g/mol. The van der Waals surface area contributed by atoms with Crippen molar-refractivity contribution in [3.8, 4) is 5.75 Å². The molecule has 18 heavy (non-hydrogen) atoms. The number of nitrogens with two attached hydrogens (primary N) is 1. The van der Waals surface area contributed by atoms with Crippen LogP contribution in [0, 0.1) is 0 Å². The summed E-state index contributed by atoms with van der Waals surface area (Å²) in [5, 5.41) is 8.98. The van der Waals surface area contributed by atoms with Gasteiger partial charge in [-0.3, -0.25) is 9.59 Å². The number of hydrogen-bond donors (Lipinski definition) is 2. The molecule has 0 saturated carbocycles. The van der Waals surface area contributed by atoms with E-state index in [0.29, 0.717) is 11.4 Å². The molecule has 0 spiro atoms. The maximum atomic E-state index is 12.0. The topological polar surface area (TPSA) is 92.9 Å². The average Bonchev–Trinajstić information content (AvgIpc) is 2.32. The van der Waals surface area contributed by atoms with Crippen molar-refractivity contribution in [3.63, 3.8) is 0 Å². The molecule has 96 valence electrons. The van der Waals surface area contributed by atoms with Crippen LogP contribution in [0.4, 0.5) is 5.69 Å². The minimum atomic E-state index is -1.35. The number of ether oxygens (including phenoxy) is 1. The molecule has 2 rings (SSSR count). The van der Waals surface area contributed by atoms with Crippen molar-refractivity contribution in [3.05, 3.63) is 22.7 Å². The van der Waals surface area contributed by atoms with Gasteiger partial charge >= 0.3 is 0 Å². The summed E-state index contributed by atoms with van der Waals surface area (Å²) in [5.41, 5.74) is 5.63. The standard InChI is InChI=1S/C11H11BrN2O4/c12-6-1-2-7-8(5-6)18-9(10(13)16)11(17)14(7)3-4-15/h1-2,5,9,15H,3-4H2,(H2,13,16). The molecule has 2 amide bonds. The molecule has 6 nitrogen and oxygen atoms in total. The summed E-state index contributed by atoms with van der Waals surface area (Å²) in [6.07, 6.45) is -1.35. The molecule has 1 atom stereocenters. The first kappa shape index (κ1) is 12.8. The predicted molar refractivity (Wildman–Crippen MR) is 67.2 cm³/mol. The summed E-state index contributed by atoms with van der Waals surface area (Å²) < 4.78 is 6.04. The molecule has 1 heterocycles. The third kappa shape index (κ3) is 2.19. The summed E-state index contributed by atoms with van der Waals surface area (Å²) in [7, 11) is 0. The van der Waals surface area contributed by atoms with Gasteiger partial charge in [-0.15, -0.1) is 0 Å². The van der Waals surface area contributed by atoms with Gasteiger partial charge in [0, 0.05) is 11.0 Å². The maximum absolute atomic E-state index is 12.0. The van der Waals surface area contributed by atoms with Crippen molar-refractivity contribution in [2.75, 3.05) is 18.1 Å². The lowest BCUT2D eigenvalue weighted by molar-refractivity contribution is -0.136. The van der Waals surface area contributed by atoms with Crippen molar-refractivity contribution >= 4 is 33.4 Å². The second kappa shape index (κ2) is 4.95. The average molecular weight is 315 g/mol. The molecule has 1 aromatic carbocycles. The summed E-state index contributed by atoms with van der Waals surface area (Å²) in [6, 6.07) is 5.05. The van der Waals surface area contributed by atoms with Crippen LogP contribution in [0.15, 0.2) is 22.7 Å². The molecule has 0 saturated heterocycles. The van der Waals surface area contributed by atoms with Crippen LogP contribution in [0.1, 0.15) is 0 Å².